The standard InChI is InChI=1S/FH2O2PS/c1-3-4(2)5/h4H,(H,2,5)/i4D. The van der Waals surface area contributed by atoms with E-state index in [4.69, 9.17) is 6.17 Å². The molecule has 0 saturated heterocycles. The summed E-state index contributed by atoms with van der Waals surface area (Å²) in [6.45, 7) is 0. The van der Waals surface area contributed by atoms with Crippen molar-refractivity contribution in [1.29, 1.82) is 1.28 Å². The van der Waals surface area contributed by atoms with Crippen LogP contribution in [0.25, 0.3) is 0 Å². The molecule has 0 heterocycles. The van der Waals surface area contributed by atoms with E-state index >= 15 is 0 Å². The minimum Gasteiger partial charge on any atom is -0.345 e. The molecule has 0 fully saturated rings. The summed E-state index contributed by atoms with van der Waals surface area (Å²) in [6, 6.07) is 0. The van der Waals surface area contributed by atoms with E-state index in [0.29, 0.717) is 0 Å². The lowest BCUT2D eigenvalue weighted by molar-refractivity contribution is 0.00289. The lowest BCUT2D eigenvalue weighted by atomic mass is 15.6. The van der Waals surface area contributed by atoms with Gasteiger partial charge in [0.25, 0.3) is 0 Å². The maximum atomic E-state index is 10.5. The quantitative estimate of drug-likeness (QED) is 0.503. The van der Waals surface area contributed by atoms with Gasteiger partial charge in [-0.15, -0.1) is 4.73 Å². The van der Waals surface area contributed by atoms with Crippen molar-refractivity contribution in [2.75, 3.05) is 0 Å². The number of halogens is 1. The molecule has 0 spiro atoms. The predicted octanol–water partition coefficient (Wildman–Crippen LogP) is 0.386. The molecule has 0 aliphatic heterocycles. The minimum absolute atomic E-state index is 2.59. The zero-order valence-electron chi connectivity index (χ0n) is 3.09. The lowest BCUT2D eigenvalue weighted by Crippen LogP contribution is -1.47. The number of hydrogen-bond acceptors (Lipinski definition) is 2. The first-order valence-electron chi connectivity index (χ1n) is 1.17. The lowest BCUT2D eigenvalue weighted by Gasteiger charge is -1.75. The normalized spacial score (nSPS) is 24.0. The summed E-state index contributed by atoms with van der Waals surface area (Å²) in [5.74, 6) is 0. The third kappa shape index (κ3) is 4.50. The van der Waals surface area contributed by atoms with Crippen molar-refractivity contribution in [3.05, 3.63) is 0 Å². The fourth-order valence-corrected chi connectivity index (χ4v) is 0. The highest BCUT2D eigenvalue weighted by atomic mass is 32.4. The largest absolute Gasteiger partial charge is 0.345 e. The van der Waals surface area contributed by atoms with Crippen LogP contribution >= 0.6 is 7.10 Å². The van der Waals surface area contributed by atoms with Crippen molar-refractivity contribution in [2.24, 2.45) is 0 Å². The summed E-state index contributed by atoms with van der Waals surface area (Å²) in [6.07, 6.45) is 0. The van der Waals surface area contributed by atoms with E-state index in [1.807, 2.05) is 0 Å². The fourth-order valence-electron chi connectivity index (χ4n) is 0. The summed E-state index contributed by atoms with van der Waals surface area (Å²) in [5, 5.41) is 0. The maximum Gasteiger partial charge on any atom is 0.214 e. The topological polar surface area (TPSA) is 29.5 Å². The molecule has 2 nitrogen and oxygen atoms in total. The predicted molar refractivity (Wildman–Crippen MR) is 20.1 cm³/mol. The Morgan fingerprint density at radius 3 is 2.60 bits per heavy atom. The van der Waals surface area contributed by atoms with Crippen molar-refractivity contribution in [3.8, 4) is 0 Å². The van der Waals surface area contributed by atoms with E-state index < -0.39 is 7.10 Å². The minimum atomic E-state index is -3.73. The van der Waals surface area contributed by atoms with Gasteiger partial charge >= 0.3 is 0 Å². The molecule has 32 valence electrons. The van der Waals surface area contributed by atoms with Gasteiger partial charge < -0.3 is 4.89 Å². The molecule has 1 N–H and O–H groups in total. The molecule has 0 radical (unpaired) electrons. The van der Waals surface area contributed by atoms with Gasteiger partial charge in [0, 0.05) is 0 Å². The molecule has 0 aromatic rings. The van der Waals surface area contributed by atoms with Crippen molar-refractivity contribution < 1.29 is 14.1 Å². The molecule has 5 heavy (non-hydrogen) atoms. The zero-order chi connectivity index (χ0) is 5.21. The first-order valence-corrected chi connectivity index (χ1v) is 2.95. The van der Waals surface area contributed by atoms with Crippen LogP contribution in [0.4, 0.5) is 4.53 Å². The van der Waals surface area contributed by atoms with E-state index in [2.05, 4.69) is 16.5 Å². The molecule has 1 atom stereocenters. The monoisotopic (exact) mass is 117 g/mol. The molecule has 0 saturated carbocycles. The van der Waals surface area contributed by atoms with Crippen LogP contribution in [-0.4, -0.2) is 6.17 Å². The molecule has 0 bridgehead atoms. The van der Waals surface area contributed by atoms with E-state index in [1.165, 1.54) is 0 Å². The molecule has 0 amide bonds. The SMILES string of the molecule is [2H]P(O)(=S)OF. The van der Waals surface area contributed by atoms with Gasteiger partial charge in [0.05, 0.1) is 0 Å². The van der Waals surface area contributed by atoms with Crippen LogP contribution in [0.1, 0.15) is 0 Å². The third-order valence-corrected chi connectivity index (χ3v) is 0.346. The smallest absolute Gasteiger partial charge is 0.214 e. The molecule has 5 heteroatoms. The van der Waals surface area contributed by atoms with Crippen LogP contribution in [-0.2, 0) is 16.5 Å². The van der Waals surface area contributed by atoms with Gasteiger partial charge in [-0.05, 0) is 16.3 Å². The van der Waals surface area contributed by atoms with Crippen molar-refractivity contribution >= 4 is 18.9 Å². The highest BCUT2D eigenvalue weighted by molar-refractivity contribution is 8.00. The van der Waals surface area contributed by atoms with E-state index in [9.17, 15) is 4.53 Å². The summed E-state index contributed by atoms with van der Waals surface area (Å²) in [4.78, 5) is 7.82. The van der Waals surface area contributed by atoms with Crippen molar-refractivity contribution in [3.63, 3.8) is 0 Å². The second-order valence-corrected chi connectivity index (χ2v) is 1.86. The Morgan fingerprint density at radius 1 is 2.40 bits per heavy atom. The van der Waals surface area contributed by atoms with Crippen LogP contribution in [0.2, 0.25) is 0 Å². The Labute approximate surface area is 35.3 Å². The van der Waals surface area contributed by atoms with Crippen molar-refractivity contribution in [1.82, 2.24) is 0 Å². The number of rotatable bonds is 1. The Kier molecular flexibility index (Phi) is 2.00. The molecule has 0 rings (SSSR count). The molecule has 0 aromatic heterocycles. The highest BCUT2D eigenvalue weighted by Gasteiger charge is 1.74. The molecule has 0 aromatic carbocycles. The van der Waals surface area contributed by atoms with Gasteiger partial charge in [-0.25, -0.2) is 0 Å². The summed E-state index contributed by atoms with van der Waals surface area (Å²) in [7, 11) is -3.73. The first kappa shape index (κ1) is 3.68. The zero-order valence-corrected chi connectivity index (χ0v) is 3.80. The Bertz CT molecular complexity index is 77.6. The van der Waals surface area contributed by atoms with Crippen molar-refractivity contribution in [2.45, 2.75) is 0 Å². The second kappa shape index (κ2) is 2.72. The molecule has 0 aliphatic rings. The van der Waals surface area contributed by atoms with Gasteiger partial charge in [0.15, 0.2) is 0 Å². The van der Waals surface area contributed by atoms with Crippen LogP contribution in [0.3, 0.4) is 0 Å². The van der Waals surface area contributed by atoms with E-state index in [1.54, 1.807) is 0 Å². The fraction of sp³-hybridized carbons (Fsp3) is 0. The maximum absolute atomic E-state index is 10.5. The van der Waals surface area contributed by atoms with Crippen LogP contribution in [0.15, 0.2) is 0 Å². The first-order chi connectivity index (χ1) is 2.56. The van der Waals surface area contributed by atoms with E-state index in [0.717, 1.165) is 0 Å². The van der Waals surface area contributed by atoms with Gasteiger partial charge in [-0.2, -0.15) is 0 Å². The Balaban J connectivity index is 3.48. The average molecular weight is 117 g/mol. The Morgan fingerprint density at radius 2 is 2.60 bits per heavy atom. The molecule has 1 unspecified atom stereocenters. The second-order valence-electron chi connectivity index (χ2n) is 0.307. The van der Waals surface area contributed by atoms with Crippen LogP contribution in [0, 0.1) is 0 Å². The summed E-state index contributed by atoms with van der Waals surface area (Å²) in [5.41, 5.74) is 0. The third-order valence-electron chi connectivity index (χ3n) is 0.0590. The highest BCUT2D eigenvalue weighted by Crippen LogP contribution is 2.13. The van der Waals surface area contributed by atoms with Gasteiger partial charge in [0.1, 0.15) is 1.28 Å². The van der Waals surface area contributed by atoms with Gasteiger partial charge in [0.2, 0.25) is 7.10 Å². The molecule has 0 aliphatic carbocycles. The number of hydrogen-bond donors (Lipinski definition) is 1. The Hall–Kier alpha value is 0.500. The summed E-state index contributed by atoms with van der Waals surface area (Å²) >= 11 is 3.72. The molecular weight excluding hydrogens is 114 g/mol. The summed E-state index contributed by atoms with van der Waals surface area (Å²) < 4.78 is 19.2. The van der Waals surface area contributed by atoms with Crippen LogP contribution < -0.4 is 0 Å². The van der Waals surface area contributed by atoms with Gasteiger partial charge in [-0.3, -0.25) is 0 Å². The van der Waals surface area contributed by atoms with Crippen LogP contribution in [0.5, 0.6) is 0 Å². The molecular formula is H2FO2PS. The van der Waals surface area contributed by atoms with Gasteiger partial charge in [-0.1, -0.05) is 0 Å². The average Bonchev–Trinajstić information content (AvgIpc) is 1.35. The van der Waals surface area contributed by atoms with E-state index in [-0.39, 0.29) is 0 Å².